The first-order valence-corrected chi connectivity index (χ1v) is 3.98. The molecule has 0 heterocycles. The molecule has 0 saturated heterocycles. The summed E-state index contributed by atoms with van der Waals surface area (Å²) >= 11 is 0. The van der Waals surface area contributed by atoms with Crippen molar-refractivity contribution in [2.45, 2.75) is 13.8 Å². The lowest BCUT2D eigenvalue weighted by molar-refractivity contribution is -0.140. The van der Waals surface area contributed by atoms with Crippen LogP contribution in [0.3, 0.4) is 0 Å². The average molecular weight is 177 g/mol. The van der Waals surface area contributed by atoms with Crippen molar-refractivity contribution < 1.29 is 9.63 Å². The van der Waals surface area contributed by atoms with Gasteiger partial charge in [-0.1, -0.05) is 35.5 Å². The molecular weight excluding hydrogens is 166 g/mol. The highest BCUT2D eigenvalue weighted by molar-refractivity contribution is 5.98. The van der Waals surface area contributed by atoms with Gasteiger partial charge >= 0.3 is 5.97 Å². The van der Waals surface area contributed by atoms with Gasteiger partial charge in [0, 0.05) is 6.92 Å². The molecule has 0 aliphatic heterocycles. The minimum absolute atomic E-state index is 0.407. The molecule has 0 atom stereocenters. The van der Waals surface area contributed by atoms with Crippen molar-refractivity contribution in [1.29, 1.82) is 0 Å². The number of rotatable bonds is 2. The predicted octanol–water partition coefficient (Wildman–Crippen LogP) is 1.97. The van der Waals surface area contributed by atoms with Crippen LogP contribution < -0.4 is 0 Å². The van der Waals surface area contributed by atoms with Crippen LogP contribution in [0.4, 0.5) is 0 Å². The van der Waals surface area contributed by atoms with Crippen molar-refractivity contribution in [3.8, 4) is 0 Å². The highest BCUT2D eigenvalue weighted by Crippen LogP contribution is 2.00. The zero-order valence-electron chi connectivity index (χ0n) is 7.65. The molecule has 68 valence electrons. The number of carbonyl (C=O) groups is 1. The van der Waals surface area contributed by atoms with Crippen molar-refractivity contribution in [3.63, 3.8) is 0 Å². The molecule has 0 aliphatic carbocycles. The van der Waals surface area contributed by atoms with E-state index >= 15 is 0 Å². The second-order valence-corrected chi connectivity index (χ2v) is 2.63. The Morgan fingerprint density at radius 3 is 2.38 bits per heavy atom. The van der Waals surface area contributed by atoms with Gasteiger partial charge in [0.1, 0.15) is 0 Å². The van der Waals surface area contributed by atoms with E-state index in [2.05, 4.69) is 9.99 Å². The molecule has 3 heteroatoms. The largest absolute Gasteiger partial charge is 0.331 e. The van der Waals surface area contributed by atoms with Crippen molar-refractivity contribution in [3.05, 3.63) is 35.9 Å². The van der Waals surface area contributed by atoms with Gasteiger partial charge < -0.3 is 4.84 Å². The maximum absolute atomic E-state index is 10.5. The van der Waals surface area contributed by atoms with Gasteiger partial charge in [-0.3, -0.25) is 0 Å². The molecule has 0 aromatic heterocycles. The van der Waals surface area contributed by atoms with E-state index in [1.54, 1.807) is 6.92 Å². The second-order valence-electron chi connectivity index (χ2n) is 2.63. The van der Waals surface area contributed by atoms with Gasteiger partial charge in [0.25, 0.3) is 0 Å². The second kappa shape index (κ2) is 4.40. The van der Waals surface area contributed by atoms with Gasteiger partial charge in [-0.25, -0.2) is 4.79 Å². The Balaban J connectivity index is 2.73. The molecule has 0 radical (unpaired) electrons. The van der Waals surface area contributed by atoms with Crippen molar-refractivity contribution >= 4 is 11.7 Å². The van der Waals surface area contributed by atoms with Gasteiger partial charge in [0.05, 0.1) is 5.71 Å². The highest BCUT2D eigenvalue weighted by atomic mass is 16.7. The van der Waals surface area contributed by atoms with Crippen molar-refractivity contribution in [2.75, 3.05) is 0 Å². The first kappa shape index (κ1) is 9.45. The summed E-state index contributed by atoms with van der Waals surface area (Å²) in [5.41, 5.74) is 1.64. The fourth-order valence-corrected chi connectivity index (χ4v) is 0.865. The molecular formula is C10H11NO2. The molecule has 0 fully saturated rings. The minimum atomic E-state index is -0.407. The molecule has 13 heavy (non-hydrogen) atoms. The van der Waals surface area contributed by atoms with E-state index in [1.165, 1.54) is 6.92 Å². The first-order chi connectivity index (χ1) is 6.20. The van der Waals surface area contributed by atoms with Gasteiger partial charge in [-0.05, 0) is 12.5 Å². The van der Waals surface area contributed by atoms with Crippen molar-refractivity contribution in [2.24, 2.45) is 5.16 Å². The van der Waals surface area contributed by atoms with Crippen LogP contribution in [-0.2, 0) is 9.63 Å². The van der Waals surface area contributed by atoms with E-state index in [9.17, 15) is 4.79 Å². The quantitative estimate of drug-likeness (QED) is 0.393. The fraction of sp³-hybridized carbons (Fsp3) is 0.200. The van der Waals surface area contributed by atoms with E-state index in [1.807, 2.05) is 30.3 Å². The third kappa shape index (κ3) is 3.07. The standard InChI is InChI=1S/C10H11NO2/c1-8(11-13-9(2)12)10-6-4-3-5-7-10/h3-7H,1-2H3. The van der Waals surface area contributed by atoms with Crippen molar-refractivity contribution in [1.82, 2.24) is 0 Å². The Hall–Kier alpha value is -1.64. The zero-order valence-corrected chi connectivity index (χ0v) is 7.65. The summed E-state index contributed by atoms with van der Waals surface area (Å²) in [5, 5.41) is 3.66. The summed E-state index contributed by atoms with van der Waals surface area (Å²) in [6.07, 6.45) is 0. The Morgan fingerprint density at radius 2 is 1.85 bits per heavy atom. The van der Waals surface area contributed by atoms with Crippen LogP contribution in [0.1, 0.15) is 19.4 Å². The van der Waals surface area contributed by atoms with Gasteiger partial charge in [0.15, 0.2) is 0 Å². The normalized spacial score (nSPS) is 11.1. The molecule has 0 amide bonds. The number of nitrogens with zero attached hydrogens (tertiary/aromatic N) is 1. The number of carbonyl (C=O) groups excluding carboxylic acids is 1. The lowest BCUT2D eigenvalue weighted by Crippen LogP contribution is -1.98. The molecule has 1 aromatic rings. The monoisotopic (exact) mass is 177 g/mol. The Kier molecular flexibility index (Phi) is 3.20. The average Bonchev–Trinajstić information content (AvgIpc) is 2.15. The number of oxime groups is 1. The summed E-state index contributed by atoms with van der Waals surface area (Å²) in [4.78, 5) is 15.0. The van der Waals surface area contributed by atoms with E-state index < -0.39 is 5.97 Å². The zero-order chi connectivity index (χ0) is 9.68. The summed E-state index contributed by atoms with van der Waals surface area (Å²) < 4.78 is 0. The van der Waals surface area contributed by atoms with Crippen LogP contribution in [0.15, 0.2) is 35.5 Å². The van der Waals surface area contributed by atoms with Crippen LogP contribution in [0.2, 0.25) is 0 Å². The molecule has 0 spiro atoms. The molecule has 0 N–H and O–H groups in total. The molecule has 1 rings (SSSR count). The van der Waals surface area contributed by atoms with E-state index in [0.29, 0.717) is 5.71 Å². The topological polar surface area (TPSA) is 38.7 Å². The van der Waals surface area contributed by atoms with Gasteiger partial charge in [0.2, 0.25) is 0 Å². The van der Waals surface area contributed by atoms with Crippen LogP contribution >= 0.6 is 0 Å². The highest BCUT2D eigenvalue weighted by Gasteiger charge is 1.96. The SMILES string of the molecule is CC(=O)ON=C(C)c1ccccc1. The maximum atomic E-state index is 10.5. The summed E-state index contributed by atoms with van der Waals surface area (Å²) in [6, 6.07) is 9.54. The lowest BCUT2D eigenvalue weighted by atomic mass is 10.1. The Morgan fingerprint density at radius 1 is 1.23 bits per heavy atom. The lowest BCUT2D eigenvalue weighted by Gasteiger charge is -1.98. The number of benzene rings is 1. The number of hydrogen-bond acceptors (Lipinski definition) is 3. The Labute approximate surface area is 77.0 Å². The van der Waals surface area contributed by atoms with Crippen LogP contribution in [0.25, 0.3) is 0 Å². The van der Waals surface area contributed by atoms with E-state index in [0.717, 1.165) is 5.56 Å². The predicted molar refractivity (Wildman–Crippen MR) is 50.4 cm³/mol. The molecule has 0 bridgehead atoms. The third-order valence-corrected chi connectivity index (χ3v) is 1.50. The maximum Gasteiger partial charge on any atom is 0.331 e. The fourth-order valence-electron chi connectivity index (χ4n) is 0.865. The van der Waals surface area contributed by atoms with E-state index in [-0.39, 0.29) is 0 Å². The summed E-state index contributed by atoms with van der Waals surface area (Å²) in [7, 11) is 0. The molecule has 3 nitrogen and oxygen atoms in total. The van der Waals surface area contributed by atoms with Crippen LogP contribution in [0, 0.1) is 0 Å². The van der Waals surface area contributed by atoms with Crippen LogP contribution in [-0.4, -0.2) is 11.7 Å². The summed E-state index contributed by atoms with van der Waals surface area (Å²) in [5.74, 6) is -0.407. The minimum Gasteiger partial charge on any atom is -0.318 e. The number of hydrogen-bond donors (Lipinski definition) is 0. The molecule has 0 unspecified atom stereocenters. The molecule has 0 saturated carbocycles. The molecule has 0 aliphatic rings. The van der Waals surface area contributed by atoms with Crippen LogP contribution in [0.5, 0.6) is 0 Å². The Bertz CT molecular complexity index is 317. The molecule has 1 aromatic carbocycles. The summed E-state index contributed by atoms with van der Waals surface area (Å²) in [6.45, 7) is 3.11. The van der Waals surface area contributed by atoms with Gasteiger partial charge in [-0.15, -0.1) is 0 Å². The smallest absolute Gasteiger partial charge is 0.318 e. The van der Waals surface area contributed by atoms with E-state index in [4.69, 9.17) is 0 Å². The first-order valence-electron chi connectivity index (χ1n) is 3.98. The third-order valence-electron chi connectivity index (χ3n) is 1.50. The van der Waals surface area contributed by atoms with Gasteiger partial charge in [-0.2, -0.15) is 0 Å².